The molecular formula is C22H32N6O3. The van der Waals surface area contributed by atoms with Gasteiger partial charge in [-0.3, -0.25) is 0 Å². The number of carbonyl (C=O) groups excluding carboxylic acids is 1. The summed E-state index contributed by atoms with van der Waals surface area (Å²) in [6, 6.07) is 4.06. The van der Waals surface area contributed by atoms with Crippen LogP contribution in [0.3, 0.4) is 0 Å². The fourth-order valence-corrected chi connectivity index (χ4v) is 4.20. The van der Waals surface area contributed by atoms with Gasteiger partial charge in [-0.15, -0.1) is 0 Å². The molecule has 0 bridgehead atoms. The third kappa shape index (κ3) is 5.05. The lowest BCUT2D eigenvalue weighted by Gasteiger charge is -2.41. The van der Waals surface area contributed by atoms with Crippen LogP contribution in [0, 0.1) is 5.92 Å². The SMILES string of the molecule is CC(C)(C)OC(=O)N(CC1CC1)[C@@H]1CCCN(c2ccc(C3(N=[N+]=[N-])COC3)cn2)C1. The first-order valence-corrected chi connectivity index (χ1v) is 11.1. The molecule has 0 spiro atoms. The van der Waals surface area contributed by atoms with E-state index in [0.717, 1.165) is 43.9 Å². The van der Waals surface area contributed by atoms with E-state index in [1.165, 1.54) is 12.8 Å². The van der Waals surface area contributed by atoms with Crippen molar-refractivity contribution in [1.82, 2.24) is 9.88 Å². The van der Waals surface area contributed by atoms with Crippen LogP contribution in [0.1, 0.15) is 52.0 Å². The molecule has 0 unspecified atom stereocenters. The number of ether oxygens (including phenoxy) is 2. The van der Waals surface area contributed by atoms with Gasteiger partial charge in [0.25, 0.3) is 0 Å². The molecule has 0 N–H and O–H groups in total. The summed E-state index contributed by atoms with van der Waals surface area (Å²) in [5.41, 5.74) is 8.62. The van der Waals surface area contributed by atoms with Crippen LogP contribution in [0.4, 0.5) is 10.6 Å². The lowest BCUT2D eigenvalue weighted by atomic mass is 9.90. The van der Waals surface area contributed by atoms with Crippen LogP contribution < -0.4 is 4.90 Å². The van der Waals surface area contributed by atoms with Crippen LogP contribution in [0.15, 0.2) is 23.4 Å². The minimum absolute atomic E-state index is 0.111. The number of rotatable bonds is 6. The first-order valence-electron chi connectivity index (χ1n) is 11.1. The molecule has 3 aliphatic rings. The van der Waals surface area contributed by atoms with Crippen molar-refractivity contribution in [3.8, 4) is 0 Å². The number of piperidine rings is 1. The second-order valence-electron chi connectivity index (χ2n) is 9.94. The largest absolute Gasteiger partial charge is 0.444 e. The van der Waals surface area contributed by atoms with Gasteiger partial charge in [-0.05, 0) is 69.5 Å². The summed E-state index contributed by atoms with van der Waals surface area (Å²) in [5.74, 6) is 1.47. The fraction of sp³-hybridized carbons (Fsp3) is 0.727. The maximum Gasteiger partial charge on any atom is 0.410 e. The van der Waals surface area contributed by atoms with Crippen LogP contribution in [-0.4, -0.2) is 60.5 Å². The number of carbonyl (C=O) groups is 1. The lowest BCUT2D eigenvalue weighted by Crippen LogP contribution is -2.52. The zero-order valence-electron chi connectivity index (χ0n) is 18.7. The lowest BCUT2D eigenvalue weighted by molar-refractivity contribution is -0.0566. The fourth-order valence-electron chi connectivity index (χ4n) is 4.20. The van der Waals surface area contributed by atoms with E-state index >= 15 is 0 Å². The number of hydrogen-bond donors (Lipinski definition) is 0. The Morgan fingerprint density at radius 3 is 2.71 bits per heavy atom. The Morgan fingerprint density at radius 1 is 1.39 bits per heavy atom. The molecule has 1 aromatic heterocycles. The van der Waals surface area contributed by atoms with E-state index in [2.05, 4.69) is 19.9 Å². The minimum Gasteiger partial charge on any atom is -0.444 e. The van der Waals surface area contributed by atoms with E-state index in [4.69, 9.17) is 15.0 Å². The molecule has 31 heavy (non-hydrogen) atoms. The van der Waals surface area contributed by atoms with Gasteiger partial charge < -0.3 is 19.3 Å². The highest BCUT2D eigenvalue weighted by molar-refractivity contribution is 5.69. The maximum absolute atomic E-state index is 12.9. The van der Waals surface area contributed by atoms with Gasteiger partial charge in [0.05, 0.1) is 19.3 Å². The van der Waals surface area contributed by atoms with Gasteiger partial charge in [0, 0.05) is 30.7 Å². The molecule has 2 aliphatic heterocycles. The molecule has 1 amide bonds. The molecule has 9 nitrogen and oxygen atoms in total. The zero-order valence-corrected chi connectivity index (χ0v) is 18.7. The summed E-state index contributed by atoms with van der Waals surface area (Å²) >= 11 is 0. The molecule has 1 aliphatic carbocycles. The van der Waals surface area contributed by atoms with Crippen molar-refractivity contribution in [2.24, 2.45) is 11.0 Å². The summed E-state index contributed by atoms with van der Waals surface area (Å²) in [6.07, 6.45) is 5.92. The molecule has 4 rings (SSSR count). The van der Waals surface area contributed by atoms with E-state index in [0.29, 0.717) is 19.1 Å². The highest BCUT2D eigenvalue weighted by Crippen LogP contribution is 2.35. The molecule has 3 heterocycles. The average Bonchev–Trinajstić information content (AvgIpc) is 3.52. The van der Waals surface area contributed by atoms with Crippen molar-refractivity contribution >= 4 is 11.9 Å². The predicted octanol–water partition coefficient (Wildman–Crippen LogP) is 4.23. The summed E-state index contributed by atoms with van der Waals surface area (Å²) in [7, 11) is 0. The topological polar surface area (TPSA) is 104 Å². The number of azide groups is 1. The van der Waals surface area contributed by atoms with Gasteiger partial charge in [-0.2, -0.15) is 0 Å². The highest BCUT2D eigenvalue weighted by Gasteiger charge is 2.40. The van der Waals surface area contributed by atoms with Crippen molar-refractivity contribution < 1.29 is 14.3 Å². The van der Waals surface area contributed by atoms with Crippen LogP contribution in [0.5, 0.6) is 0 Å². The summed E-state index contributed by atoms with van der Waals surface area (Å²) in [4.78, 5) is 24.8. The Kier molecular flexibility index (Phi) is 5.99. The number of nitrogens with zero attached hydrogens (tertiary/aromatic N) is 6. The molecule has 9 heteroatoms. The maximum atomic E-state index is 12.9. The van der Waals surface area contributed by atoms with Crippen LogP contribution in [0.2, 0.25) is 0 Å². The molecule has 2 saturated heterocycles. The molecule has 1 atom stereocenters. The van der Waals surface area contributed by atoms with E-state index in [1.807, 2.05) is 37.8 Å². The van der Waals surface area contributed by atoms with Crippen molar-refractivity contribution in [2.75, 3.05) is 37.7 Å². The molecule has 168 valence electrons. The van der Waals surface area contributed by atoms with Gasteiger partial charge in [-0.25, -0.2) is 9.78 Å². The molecule has 3 fully saturated rings. The number of anilines is 1. The first kappa shape index (κ1) is 21.7. The summed E-state index contributed by atoms with van der Waals surface area (Å²) in [5, 5.41) is 3.93. The number of pyridine rings is 1. The van der Waals surface area contributed by atoms with E-state index in [1.54, 1.807) is 6.20 Å². The second-order valence-corrected chi connectivity index (χ2v) is 9.94. The van der Waals surface area contributed by atoms with Gasteiger partial charge >= 0.3 is 6.09 Å². The minimum atomic E-state index is -0.636. The molecule has 1 aromatic rings. The van der Waals surface area contributed by atoms with Crippen molar-refractivity contribution in [2.45, 2.75) is 63.6 Å². The Balaban J connectivity index is 1.46. The molecule has 0 aromatic carbocycles. The van der Waals surface area contributed by atoms with Crippen LogP contribution in [-0.2, 0) is 15.0 Å². The van der Waals surface area contributed by atoms with Crippen molar-refractivity contribution in [3.05, 3.63) is 34.3 Å². The Bertz CT molecular complexity index is 838. The van der Waals surface area contributed by atoms with Gasteiger partial charge in [-0.1, -0.05) is 11.2 Å². The third-order valence-electron chi connectivity index (χ3n) is 6.14. The van der Waals surface area contributed by atoms with Gasteiger partial charge in [0.2, 0.25) is 0 Å². The van der Waals surface area contributed by atoms with Crippen molar-refractivity contribution in [1.29, 1.82) is 0 Å². The van der Waals surface area contributed by atoms with Gasteiger partial charge in [0.15, 0.2) is 0 Å². The van der Waals surface area contributed by atoms with Crippen LogP contribution in [0.25, 0.3) is 10.4 Å². The predicted molar refractivity (Wildman–Crippen MR) is 117 cm³/mol. The summed E-state index contributed by atoms with van der Waals surface area (Å²) in [6.45, 7) is 8.92. The van der Waals surface area contributed by atoms with E-state index in [9.17, 15) is 4.79 Å². The first-order chi connectivity index (χ1) is 14.8. The van der Waals surface area contributed by atoms with Crippen molar-refractivity contribution in [3.63, 3.8) is 0 Å². The second kappa shape index (κ2) is 8.55. The Hall–Kier alpha value is -2.51. The number of amides is 1. The van der Waals surface area contributed by atoms with Gasteiger partial charge in [0.1, 0.15) is 17.0 Å². The summed E-state index contributed by atoms with van der Waals surface area (Å²) < 4.78 is 11.0. The quantitative estimate of drug-likeness (QED) is 0.383. The molecule has 0 radical (unpaired) electrons. The van der Waals surface area contributed by atoms with E-state index in [-0.39, 0.29) is 12.1 Å². The zero-order chi connectivity index (χ0) is 22.1. The third-order valence-corrected chi connectivity index (χ3v) is 6.14. The van der Waals surface area contributed by atoms with E-state index < -0.39 is 11.1 Å². The smallest absolute Gasteiger partial charge is 0.410 e. The molecule has 1 saturated carbocycles. The Morgan fingerprint density at radius 2 is 2.16 bits per heavy atom. The monoisotopic (exact) mass is 428 g/mol. The standard InChI is InChI=1S/C22H32N6O3/c1-21(2,3)31-20(29)28(12-16-6-7-16)18-5-4-10-27(13-18)19-9-8-17(11-24-19)22(25-26-23)14-30-15-22/h8-9,11,16,18H,4-7,10,12-15H2,1-3H3/t18-/m1/s1. The molecular weight excluding hydrogens is 396 g/mol. The van der Waals surface area contributed by atoms with Crippen LogP contribution >= 0.6 is 0 Å². The Labute approximate surface area is 183 Å². The highest BCUT2D eigenvalue weighted by atomic mass is 16.6. The normalized spacial score (nSPS) is 22.8. The average molecular weight is 429 g/mol. The number of hydrogen-bond acceptors (Lipinski definition) is 6. The number of aromatic nitrogens is 1.